The van der Waals surface area contributed by atoms with E-state index in [4.69, 9.17) is 4.52 Å². The average Bonchev–Trinajstić information content (AvgIpc) is 3.05. The Morgan fingerprint density at radius 1 is 1.17 bits per heavy atom. The summed E-state index contributed by atoms with van der Waals surface area (Å²) in [6, 6.07) is 3.39. The van der Waals surface area contributed by atoms with Crippen LogP contribution in [0.15, 0.2) is 29.0 Å². The fourth-order valence-electron chi connectivity index (χ4n) is 2.44. The van der Waals surface area contributed by atoms with Gasteiger partial charge in [-0.1, -0.05) is 25.9 Å². The third-order valence-electron chi connectivity index (χ3n) is 3.89. The second kappa shape index (κ2) is 6.46. The van der Waals surface area contributed by atoms with Crippen molar-refractivity contribution in [1.29, 1.82) is 0 Å². The van der Waals surface area contributed by atoms with E-state index in [9.17, 15) is 4.79 Å². The van der Waals surface area contributed by atoms with Gasteiger partial charge >= 0.3 is 6.03 Å². The van der Waals surface area contributed by atoms with Crippen LogP contribution in [0.2, 0.25) is 0 Å². The summed E-state index contributed by atoms with van der Waals surface area (Å²) in [5.74, 6) is 1.88. The summed E-state index contributed by atoms with van der Waals surface area (Å²) < 4.78 is 5.28. The third-order valence-corrected chi connectivity index (χ3v) is 3.89. The molecule has 2 aromatic heterocycles. The van der Waals surface area contributed by atoms with Gasteiger partial charge < -0.3 is 14.3 Å². The lowest BCUT2D eigenvalue weighted by Gasteiger charge is -2.34. The molecule has 8 nitrogen and oxygen atoms in total. The smallest absolute Gasteiger partial charge is 0.323 e. The maximum absolute atomic E-state index is 12.4. The first-order chi connectivity index (χ1) is 11.4. The molecule has 1 aliphatic heterocycles. The minimum absolute atomic E-state index is 0.142. The lowest BCUT2D eigenvalue weighted by molar-refractivity contribution is 0.207. The van der Waals surface area contributed by atoms with Gasteiger partial charge in [-0.3, -0.25) is 5.32 Å². The molecule has 0 saturated carbocycles. The molecule has 0 atom stereocenters. The van der Waals surface area contributed by atoms with Gasteiger partial charge in [0.15, 0.2) is 5.82 Å². The van der Waals surface area contributed by atoms with Crippen LogP contribution in [0.1, 0.15) is 26.5 Å². The van der Waals surface area contributed by atoms with Crippen molar-refractivity contribution in [3.63, 3.8) is 0 Å². The van der Waals surface area contributed by atoms with E-state index in [1.165, 1.54) is 0 Å². The highest BCUT2D eigenvalue weighted by Crippen LogP contribution is 2.24. The van der Waals surface area contributed by atoms with Gasteiger partial charge in [0.05, 0.1) is 0 Å². The molecule has 0 aromatic carbocycles. The van der Waals surface area contributed by atoms with Crippen molar-refractivity contribution in [1.82, 2.24) is 20.0 Å². The van der Waals surface area contributed by atoms with E-state index in [-0.39, 0.29) is 11.4 Å². The number of amides is 2. The highest BCUT2D eigenvalue weighted by molar-refractivity contribution is 5.88. The highest BCUT2D eigenvalue weighted by atomic mass is 16.5. The molecular formula is C16H22N6O2. The summed E-state index contributed by atoms with van der Waals surface area (Å²) in [6.07, 6.45) is 3.44. The lowest BCUT2D eigenvalue weighted by Crippen LogP contribution is -2.50. The molecule has 1 N–H and O–H groups in total. The Kier molecular flexibility index (Phi) is 4.37. The first kappa shape index (κ1) is 16.2. The number of nitrogens with one attached hydrogen (secondary N) is 1. The molecule has 2 aromatic rings. The van der Waals surface area contributed by atoms with E-state index in [0.29, 0.717) is 37.9 Å². The summed E-state index contributed by atoms with van der Waals surface area (Å²) in [5.41, 5.74) is -0.142. The number of rotatable bonds is 2. The molecule has 3 heterocycles. The van der Waals surface area contributed by atoms with Crippen LogP contribution in [0.5, 0.6) is 0 Å². The normalized spacial score (nSPS) is 15.5. The van der Waals surface area contributed by atoms with Crippen LogP contribution >= 0.6 is 0 Å². The highest BCUT2D eigenvalue weighted by Gasteiger charge is 2.24. The van der Waals surface area contributed by atoms with Crippen LogP contribution in [0.4, 0.5) is 16.6 Å². The van der Waals surface area contributed by atoms with Crippen molar-refractivity contribution in [3.8, 4) is 0 Å². The fourth-order valence-corrected chi connectivity index (χ4v) is 2.44. The molecule has 0 radical (unpaired) electrons. The molecule has 3 rings (SSSR count). The van der Waals surface area contributed by atoms with Crippen LogP contribution in [0, 0.1) is 0 Å². The van der Waals surface area contributed by atoms with Crippen molar-refractivity contribution >= 4 is 17.8 Å². The quantitative estimate of drug-likeness (QED) is 0.907. The molecule has 24 heavy (non-hydrogen) atoms. The summed E-state index contributed by atoms with van der Waals surface area (Å²) in [5, 5.41) is 6.71. The van der Waals surface area contributed by atoms with E-state index < -0.39 is 0 Å². The van der Waals surface area contributed by atoms with Gasteiger partial charge in [-0.2, -0.15) is 0 Å². The van der Waals surface area contributed by atoms with Crippen molar-refractivity contribution in [2.75, 3.05) is 36.4 Å². The van der Waals surface area contributed by atoms with E-state index in [2.05, 4.69) is 25.3 Å². The third kappa shape index (κ3) is 3.64. The first-order valence-electron chi connectivity index (χ1n) is 7.98. The molecule has 8 heteroatoms. The van der Waals surface area contributed by atoms with Crippen molar-refractivity contribution < 1.29 is 9.32 Å². The summed E-state index contributed by atoms with van der Waals surface area (Å²) >= 11 is 0. The topological polar surface area (TPSA) is 87.4 Å². The van der Waals surface area contributed by atoms with Gasteiger partial charge in [-0.25, -0.2) is 14.8 Å². The number of carbonyl (C=O) groups is 1. The van der Waals surface area contributed by atoms with Crippen LogP contribution in [0.25, 0.3) is 0 Å². The number of nitrogens with zero attached hydrogens (tertiary/aromatic N) is 5. The van der Waals surface area contributed by atoms with Crippen molar-refractivity contribution in [2.24, 2.45) is 0 Å². The lowest BCUT2D eigenvalue weighted by atomic mass is 9.93. The average molecular weight is 330 g/mol. The zero-order valence-electron chi connectivity index (χ0n) is 14.2. The van der Waals surface area contributed by atoms with Crippen LogP contribution < -0.4 is 10.2 Å². The number of anilines is 2. The van der Waals surface area contributed by atoms with E-state index >= 15 is 0 Å². The Morgan fingerprint density at radius 3 is 2.42 bits per heavy atom. The Bertz CT molecular complexity index is 686. The first-order valence-corrected chi connectivity index (χ1v) is 7.98. The molecule has 0 spiro atoms. The van der Waals surface area contributed by atoms with Gasteiger partial charge in [-0.15, -0.1) is 0 Å². The Labute approximate surface area is 140 Å². The molecule has 0 unspecified atom stereocenters. The molecular weight excluding hydrogens is 308 g/mol. The Morgan fingerprint density at radius 2 is 1.83 bits per heavy atom. The monoisotopic (exact) mass is 330 g/mol. The Hall–Kier alpha value is -2.64. The fraction of sp³-hybridized carbons (Fsp3) is 0.500. The second-order valence-electron chi connectivity index (χ2n) is 6.78. The molecule has 1 saturated heterocycles. The SMILES string of the molecule is CC(C)(C)c1cc(NC(=O)N2CCN(c3ncccn3)CC2)no1. The van der Waals surface area contributed by atoms with Gasteiger partial charge in [0, 0.05) is 50.1 Å². The number of hydrogen-bond acceptors (Lipinski definition) is 6. The van der Waals surface area contributed by atoms with E-state index in [1.54, 1.807) is 29.4 Å². The van der Waals surface area contributed by atoms with E-state index in [0.717, 1.165) is 5.76 Å². The number of aromatic nitrogens is 3. The Balaban J connectivity index is 1.55. The molecule has 128 valence electrons. The maximum Gasteiger partial charge on any atom is 0.323 e. The summed E-state index contributed by atoms with van der Waals surface area (Å²) in [6.45, 7) is 8.70. The van der Waals surface area contributed by atoms with Crippen molar-refractivity contribution in [3.05, 3.63) is 30.3 Å². The van der Waals surface area contributed by atoms with Crippen LogP contribution in [-0.2, 0) is 5.41 Å². The van der Waals surface area contributed by atoms with Gasteiger partial charge in [-0.05, 0) is 6.07 Å². The zero-order valence-corrected chi connectivity index (χ0v) is 14.2. The summed E-state index contributed by atoms with van der Waals surface area (Å²) in [4.78, 5) is 24.7. The van der Waals surface area contributed by atoms with Gasteiger partial charge in [0.2, 0.25) is 5.95 Å². The van der Waals surface area contributed by atoms with Gasteiger partial charge in [0.1, 0.15) is 5.76 Å². The van der Waals surface area contributed by atoms with Crippen LogP contribution in [0.3, 0.4) is 0 Å². The number of urea groups is 1. The molecule has 2 amide bonds. The number of hydrogen-bond donors (Lipinski definition) is 1. The predicted molar refractivity (Wildman–Crippen MR) is 90.0 cm³/mol. The largest absolute Gasteiger partial charge is 0.359 e. The standard InChI is InChI=1S/C16H22N6O2/c1-16(2,3)12-11-13(20-24-12)19-15(23)22-9-7-21(8-10-22)14-17-5-4-6-18-14/h4-6,11H,7-10H2,1-3H3,(H,19,20,23). The minimum Gasteiger partial charge on any atom is -0.359 e. The summed E-state index contributed by atoms with van der Waals surface area (Å²) in [7, 11) is 0. The molecule has 1 aliphatic rings. The van der Waals surface area contributed by atoms with Gasteiger partial charge in [0.25, 0.3) is 0 Å². The minimum atomic E-state index is -0.169. The number of piperazine rings is 1. The van der Waals surface area contributed by atoms with Crippen LogP contribution in [-0.4, -0.2) is 52.2 Å². The molecule has 0 aliphatic carbocycles. The van der Waals surface area contributed by atoms with Crippen molar-refractivity contribution in [2.45, 2.75) is 26.2 Å². The second-order valence-corrected chi connectivity index (χ2v) is 6.78. The maximum atomic E-state index is 12.4. The number of carbonyl (C=O) groups excluding carboxylic acids is 1. The van der Waals surface area contributed by atoms with E-state index in [1.807, 2.05) is 20.8 Å². The predicted octanol–water partition coefficient (Wildman–Crippen LogP) is 2.12. The zero-order chi connectivity index (χ0) is 17.2. The molecule has 0 bridgehead atoms. The molecule has 1 fully saturated rings.